The van der Waals surface area contributed by atoms with E-state index in [2.05, 4.69) is 36.5 Å². The van der Waals surface area contributed by atoms with Gasteiger partial charge in [0.1, 0.15) is 0 Å². The minimum Gasteiger partial charge on any atom is -0.380 e. The van der Waals surface area contributed by atoms with Crippen molar-refractivity contribution in [2.24, 2.45) is 0 Å². The highest BCUT2D eigenvalue weighted by Gasteiger charge is 2.06. The van der Waals surface area contributed by atoms with Gasteiger partial charge in [0, 0.05) is 18.9 Å². The van der Waals surface area contributed by atoms with E-state index in [0.717, 1.165) is 12.1 Å². The van der Waals surface area contributed by atoms with Crippen molar-refractivity contribution in [2.45, 2.75) is 46.3 Å². The Kier molecular flexibility index (Phi) is 8.26. The molecule has 0 aliphatic heterocycles. The van der Waals surface area contributed by atoms with Crippen molar-refractivity contribution >= 4 is 5.69 Å². The van der Waals surface area contributed by atoms with Crippen LogP contribution in [0.4, 0.5) is 5.69 Å². The first-order valence-corrected chi connectivity index (χ1v) is 7.36. The smallest absolute Gasteiger partial charge is 0.174 e. The number of nitrogens with one attached hydrogen (secondary N) is 1. The number of rotatable bonds is 10. The largest absolute Gasteiger partial charge is 0.380 e. The van der Waals surface area contributed by atoms with Gasteiger partial charge in [-0.15, -0.1) is 0 Å². The van der Waals surface area contributed by atoms with Gasteiger partial charge in [0.05, 0.1) is 6.54 Å². The molecule has 0 aliphatic rings. The number of anilines is 1. The van der Waals surface area contributed by atoms with Gasteiger partial charge in [-0.1, -0.05) is 25.5 Å². The van der Waals surface area contributed by atoms with E-state index in [1.807, 2.05) is 13.8 Å². The van der Waals surface area contributed by atoms with Crippen LogP contribution in [0.1, 0.15) is 39.2 Å². The molecule has 0 unspecified atom stereocenters. The second kappa shape index (κ2) is 9.82. The van der Waals surface area contributed by atoms with Crippen LogP contribution < -0.4 is 5.32 Å². The van der Waals surface area contributed by atoms with Crippen LogP contribution in [0.25, 0.3) is 0 Å². The first-order chi connectivity index (χ1) is 9.30. The molecule has 0 heterocycles. The molecule has 108 valence electrons. The molecule has 0 aliphatic carbocycles. The van der Waals surface area contributed by atoms with E-state index in [1.54, 1.807) is 0 Å². The van der Waals surface area contributed by atoms with E-state index in [9.17, 15) is 0 Å². The molecule has 0 bridgehead atoms. The lowest BCUT2D eigenvalue weighted by atomic mass is 10.1. The third kappa shape index (κ3) is 6.60. The molecule has 1 rings (SSSR count). The maximum Gasteiger partial charge on any atom is 0.174 e. The summed E-state index contributed by atoms with van der Waals surface area (Å²) < 4.78 is 11.0. The van der Waals surface area contributed by atoms with Crippen molar-refractivity contribution in [1.82, 2.24) is 0 Å². The summed E-state index contributed by atoms with van der Waals surface area (Å²) in [4.78, 5) is 0. The van der Waals surface area contributed by atoms with Gasteiger partial charge in [0.25, 0.3) is 0 Å². The Hall–Kier alpha value is -1.06. The van der Waals surface area contributed by atoms with Crippen molar-refractivity contribution in [2.75, 3.05) is 25.1 Å². The standard InChI is InChI=1S/C16H27NO2/c1-4-7-8-14-9-11-15(12-10-14)17-13-16(18-5-2)19-6-3/h9-12,16-17H,4-8,13H2,1-3H3. The quantitative estimate of drug-likeness (QED) is 0.652. The zero-order valence-corrected chi connectivity index (χ0v) is 12.4. The van der Waals surface area contributed by atoms with Crippen LogP contribution in [0.2, 0.25) is 0 Å². The van der Waals surface area contributed by atoms with Gasteiger partial charge < -0.3 is 14.8 Å². The number of benzene rings is 1. The lowest BCUT2D eigenvalue weighted by Crippen LogP contribution is -2.26. The lowest BCUT2D eigenvalue weighted by Gasteiger charge is -2.18. The Morgan fingerprint density at radius 1 is 1.00 bits per heavy atom. The van der Waals surface area contributed by atoms with Crippen LogP contribution in [0.5, 0.6) is 0 Å². The van der Waals surface area contributed by atoms with E-state index in [-0.39, 0.29) is 6.29 Å². The van der Waals surface area contributed by atoms with Gasteiger partial charge >= 0.3 is 0 Å². The van der Waals surface area contributed by atoms with Crippen LogP contribution in [-0.4, -0.2) is 26.0 Å². The van der Waals surface area contributed by atoms with Crippen molar-refractivity contribution in [3.8, 4) is 0 Å². The van der Waals surface area contributed by atoms with Crippen molar-refractivity contribution in [3.05, 3.63) is 29.8 Å². The molecule has 0 saturated carbocycles. The lowest BCUT2D eigenvalue weighted by molar-refractivity contribution is -0.126. The number of hydrogen-bond donors (Lipinski definition) is 1. The summed E-state index contributed by atoms with van der Waals surface area (Å²) in [6.45, 7) is 8.20. The van der Waals surface area contributed by atoms with Gasteiger partial charge in [0.2, 0.25) is 0 Å². The highest BCUT2D eigenvalue weighted by atomic mass is 16.7. The van der Waals surface area contributed by atoms with Crippen molar-refractivity contribution in [1.29, 1.82) is 0 Å². The van der Waals surface area contributed by atoms with Crippen LogP contribution in [0.3, 0.4) is 0 Å². The summed E-state index contributed by atoms with van der Waals surface area (Å²) in [6.07, 6.45) is 3.49. The minimum absolute atomic E-state index is 0.172. The van der Waals surface area contributed by atoms with Gasteiger partial charge in [0.15, 0.2) is 6.29 Å². The predicted molar refractivity (Wildman–Crippen MR) is 80.6 cm³/mol. The monoisotopic (exact) mass is 265 g/mol. The van der Waals surface area contributed by atoms with Gasteiger partial charge in [-0.05, 0) is 44.4 Å². The van der Waals surface area contributed by atoms with Gasteiger partial charge in [-0.2, -0.15) is 0 Å². The maximum atomic E-state index is 5.50. The highest BCUT2D eigenvalue weighted by molar-refractivity contribution is 5.44. The Bertz CT molecular complexity index is 318. The molecule has 0 saturated heterocycles. The van der Waals surface area contributed by atoms with E-state index in [1.165, 1.54) is 18.4 Å². The summed E-state index contributed by atoms with van der Waals surface area (Å²) in [5.41, 5.74) is 2.52. The van der Waals surface area contributed by atoms with Crippen LogP contribution in [0, 0.1) is 0 Å². The molecular formula is C16H27NO2. The number of aryl methyl sites for hydroxylation is 1. The maximum absolute atomic E-state index is 5.50. The Labute approximate surface area is 117 Å². The molecule has 0 amide bonds. The van der Waals surface area contributed by atoms with E-state index < -0.39 is 0 Å². The molecule has 3 heteroatoms. The van der Waals surface area contributed by atoms with E-state index in [0.29, 0.717) is 19.8 Å². The minimum atomic E-state index is -0.172. The molecule has 0 fully saturated rings. The predicted octanol–water partition coefficient (Wildman–Crippen LogP) is 3.84. The molecular weight excluding hydrogens is 238 g/mol. The third-order valence-electron chi connectivity index (χ3n) is 2.95. The summed E-state index contributed by atoms with van der Waals surface area (Å²) in [5, 5.41) is 3.35. The summed E-state index contributed by atoms with van der Waals surface area (Å²) in [7, 11) is 0. The van der Waals surface area contributed by atoms with Crippen LogP contribution >= 0.6 is 0 Å². The molecule has 0 aromatic heterocycles. The fourth-order valence-corrected chi connectivity index (χ4v) is 1.91. The van der Waals surface area contributed by atoms with Crippen molar-refractivity contribution < 1.29 is 9.47 Å². The molecule has 1 N–H and O–H groups in total. The normalized spacial score (nSPS) is 10.9. The number of hydrogen-bond acceptors (Lipinski definition) is 3. The van der Waals surface area contributed by atoms with E-state index >= 15 is 0 Å². The van der Waals surface area contributed by atoms with Gasteiger partial charge in [-0.3, -0.25) is 0 Å². The molecule has 0 radical (unpaired) electrons. The molecule has 0 spiro atoms. The fraction of sp³-hybridized carbons (Fsp3) is 0.625. The topological polar surface area (TPSA) is 30.5 Å². The van der Waals surface area contributed by atoms with Gasteiger partial charge in [-0.25, -0.2) is 0 Å². The summed E-state index contributed by atoms with van der Waals surface area (Å²) in [6, 6.07) is 8.63. The van der Waals surface area contributed by atoms with Crippen LogP contribution in [-0.2, 0) is 15.9 Å². The molecule has 19 heavy (non-hydrogen) atoms. The zero-order valence-electron chi connectivity index (χ0n) is 12.4. The molecule has 1 aromatic rings. The van der Waals surface area contributed by atoms with Crippen LogP contribution in [0.15, 0.2) is 24.3 Å². The highest BCUT2D eigenvalue weighted by Crippen LogP contribution is 2.12. The average molecular weight is 265 g/mol. The Balaban J connectivity index is 2.39. The third-order valence-corrected chi connectivity index (χ3v) is 2.95. The van der Waals surface area contributed by atoms with Crippen molar-refractivity contribution in [3.63, 3.8) is 0 Å². The first kappa shape index (κ1) is 16.0. The second-order valence-electron chi connectivity index (χ2n) is 4.52. The zero-order chi connectivity index (χ0) is 13.9. The molecule has 3 nitrogen and oxygen atoms in total. The number of unbranched alkanes of at least 4 members (excludes halogenated alkanes) is 1. The Morgan fingerprint density at radius 2 is 1.63 bits per heavy atom. The second-order valence-corrected chi connectivity index (χ2v) is 4.52. The number of ether oxygens (including phenoxy) is 2. The van der Waals surface area contributed by atoms with E-state index in [4.69, 9.17) is 9.47 Å². The molecule has 1 aromatic carbocycles. The fourth-order valence-electron chi connectivity index (χ4n) is 1.91. The molecule has 0 atom stereocenters. The Morgan fingerprint density at radius 3 is 2.16 bits per heavy atom. The first-order valence-electron chi connectivity index (χ1n) is 7.36. The summed E-state index contributed by atoms with van der Waals surface area (Å²) in [5.74, 6) is 0. The average Bonchev–Trinajstić information content (AvgIpc) is 2.44. The summed E-state index contributed by atoms with van der Waals surface area (Å²) >= 11 is 0. The SMILES string of the molecule is CCCCc1ccc(NCC(OCC)OCC)cc1.